The van der Waals surface area contributed by atoms with Crippen LogP contribution in [0.5, 0.6) is 5.75 Å². The fourth-order valence-corrected chi connectivity index (χ4v) is 5.81. The number of aryl methyl sites for hydroxylation is 1. The molecule has 1 aromatic heterocycles. The quantitative estimate of drug-likeness (QED) is 0.117. The Hall–Kier alpha value is -2.86. The van der Waals surface area contributed by atoms with Crippen LogP contribution < -0.4 is 15.8 Å². The summed E-state index contributed by atoms with van der Waals surface area (Å²) < 4.78 is 37.4. The smallest absolute Gasteiger partial charge is 0.404 e. The van der Waals surface area contributed by atoms with Gasteiger partial charge in [-0.15, -0.1) is 0 Å². The summed E-state index contributed by atoms with van der Waals surface area (Å²) in [5.41, 5.74) is 8.13. The summed E-state index contributed by atoms with van der Waals surface area (Å²) in [6.07, 6.45) is -0.295. The van der Waals surface area contributed by atoms with Crippen molar-refractivity contribution in [3.63, 3.8) is 0 Å². The Morgan fingerprint density at radius 2 is 2.00 bits per heavy atom. The number of H-pyrrole nitrogens is 1. The van der Waals surface area contributed by atoms with E-state index in [1.54, 1.807) is 37.3 Å². The summed E-state index contributed by atoms with van der Waals surface area (Å²) in [6, 6.07) is 7.53. The number of benzene rings is 1. The molecule has 1 aromatic carbocycles. The Morgan fingerprint density at radius 3 is 2.67 bits per heavy atom. The first-order chi connectivity index (χ1) is 18.5. The summed E-state index contributed by atoms with van der Waals surface area (Å²) in [5, 5.41) is 3.74. The van der Waals surface area contributed by atoms with Crippen molar-refractivity contribution >= 4 is 24.7 Å². The zero-order valence-corrected chi connectivity index (χ0v) is 23.8. The number of nitrogens with zero attached hydrogens (tertiary/aromatic N) is 4. The zero-order valence-electron chi connectivity index (χ0n) is 22.1. The highest BCUT2D eigenvalue weighted by Crippen LogP contribution is 2.50. The predicted molar refractivity (Wildman–Crippen MR) is 146 cm³/mol. The van der Waals surface area contributed by atoms with Gasteiger partial charge in [0.25, 0.3) is 5.56 Å². The topological polar surface area (TPSA) is 175 Å². The third-order valence-electron chi connectivity index (χ3n) is 6.17. The minimum Gasteiger partial charge on any atom is -0.404 e. The van der Waals surface area contributed by atoms with Crippen molar-refractivity contribution in [2.45, 2.75) is 52.5 Å². The van der Waals surface area contributed by atoms with Gasteiger partial charge in [-0.2, -0.15) is 0 Å². The van der Waals surface area contributed by atoms with Gasteiger partial charge in [-0.3, -0.25) is 28.2 Å². The van der Waals surface area contributed by atoms with E-state index in [0.29, 0.717) is 5.56 Å². The minimum atomic E-state index is -4.21. The molecule has 0 saturated carbocycles. The molecule has 0 amide bonds. The van der Waals surface area contributed by atoms with Gasteiger partial charge < -0.3 is 9.26 Å². The Bertz CT molecular complexity index is 1340. The molecule has 2 aromatic rings. The number of rotatable bonds is 13. The molecule has 3 rings (SSSR count). The number of carbonyl (C=O) groups is 1. The molecule has 212 valence electrons. The van der Waals surface area contributed by atoms with Crippen molar-refractivity contribution in [2.75, 3.05) is 19.0 Å². The van der Waals surface area contributed by atoms with E-state index < -0.39 is 37.4 Å². The van der Waals surface area contributed by atoms with Gasteiger partial charge in [0.2, 0.25) is 0 Å². The second-order valence-electron chi connectivity index (χ2n) is 9.30. The number of hydrogen-bond acceptors (Lipinski definition) is 10. The van der Waals surface area contributed by atoms with E-state index in [1.807, 2.05) is 20.8 Å². The molecule has 5 atom stereocenters. The van der Waals surface area contributed by atoms with E-state index in [4.69, 9.17) is 23.8 Å². The number of aromatic amines is 1. The first-order valence-electron chi connectivity index (χ1n) is 12.3. The minimum absolute atomic E-state index is 0.00340. The number of carbonyl (C=O) groups excluding carboxylic acids is 1. The van der Waals surface area contributed by atoms with Gasteiger partial charge in [-0.05, 0) is 30.5 Å². The van der Waals surface area contributed by atoms with Gasteiger partial charge in [-0.25, -0.2) is 9.36 Å². The molecule has 0 bridgehead atoms. The van der Waals surface area contributed by atoms with Crippen molar-refractivity contribution in [2.24, 2.45) is 17.0 Å². The highest BCUT2D eigenvalue weighted by atomic mass is 32.2. The van der Waals surface area contributed by atoms with E-state index in [9.17, 15) is 18.9 Å². The van der Waals surface area contributed by atoms with Crippen LogP contribution in [0.15, 0.2) is 51.2 Å². The number of ether oxygens (including phenoxy) is 1. The van der Waals surface area contributed by atoms with Crippen LogP contribution in [0.25, 0.3) is 10.4 Å². The molecule has 13 nitrogen and oxygen atoms in total. The zero-order chi connectivity index (χ0) is 28.6. The SMILES string of the molecule is Cc1cn(C2CC(N=[N+]=[N-])[C@@H](COP(=O)(OCCSC(=O)[C@@H](C)C(C)C)Oc3ccccc3)O2)c(=O)[nH]c1=O. The molecular weight excluding hydrogens is 549 g/mol. The van der Waals surface area contributed by atoms with E-state index in [-0.39, 0.29) is 48.1 Å². The van der Waals surface area contributed by atoms with Gasteiger partial charge in [0.15, 0.2) is 5.12 Å². The lowest BCUT2D eigenvalue weighted by Crippen LogP contribution is -2.33. The predicted octanol–water partition coefficient (Wildman–Crippen LogP) is 4.58. The number of para-hydroxylation sites is 1. The summed E-state index contributed by atoms with van der Waals surface area (Å²) in [4.78, 5) is 41.4. The number of phosphoric acid groups is 1. The number of nitrogens with one attached hydrogen (secondary N) is 1. The van der Waals surface area contributed by atoms with Crippen LogP contribution in [0.1, 0.15) is 39.0 Å². The Kier molecular flexibility index (Phi) is 11.0. The van der Waals surface area contributed by atoms with Crippen molar-refractivity contribution < 1.29 is 27.7 Å². The average molecular weight is 582 g/mol. The summed E-state index contributed by atoms with van der Waals surface area (Å²) >= 11 is 1.08. The maximum absolute atomic E-state index is 13.6. The third kappa shape index (κ3) is 8.56. The monoisotopic (exact) mass is 581 g/mol. The first-order valence-corrected chi connectivity index (χ1v) is 14.8. The van der Waals surface area contributed by atoms with Crippen LogP contribution in [0, 0.1) is 18.8 Å². The molecule has 0 spiro atoms. The van der Waals surface area contributed by atoms with Crippen LogP contribution in [0.4, 0.5) is 0 Å². The van der Waals surface area contributed by atoms with Gasteiger partial charge in [0.05, 0.1) is 25.4 Å². The molecular formula is C24H32N5O8PS. The van der Waals surface area contributed by atoms with Crippen LogP contribution in [-0.4, -0.2) is 45.8 Å². The summed E-state index contributed by atoms with van der Waals surface area (Å²) in [6.45, 7) is 6.87. The Morgan fingerprint density at radius 1 is 1.28 bits per heavy atom. The van der Waals surface area contributed by atoms with E-state index >= 15 is 0 Å². The van der Waals surface area contributed by atoms with E-state index in [0.717, 1.165) is 11.8 Å². The fraction of sp³-hybridized carbons (Fsp3) is 0.542. The number of hydrogen-bond donors (Lipinski definition) is 1. The van der Waals surface area contributed by atoms with Crippen LogP contribution in [0.2, 0.25) is 0 Å². The maximum atomic E-state index is 13.6. The van der Waals surface area contributed by atoms with Crippen molar-refractivity contribution in [1.82, 2.24) is 9.55 Å². The van der Waals surface area contributed by atoms with Gasteiger partial charge in [0, 0.05) is 34.8 Å². The van der Waals surface area contributed by atoms with Crippen LogP contribution >= 0.6 is 19.6 Å². The average Bonchev–Trinajstić information content (AvgIpc) is 3.30. The molecule has 1 saturated heterocycles. The first kappa shape index (κ1) is 30.7. The third-order valence-corrected chi connectivity index (χ3v) is 8.59. The second kappa shape index (κ2) is 14.0. The summed E-state index contributed by atoms with van der Waals surface area (Å²) in [7, 11) is -4.21. The van der Waals surface area contributed by atoms with Gasteiger partial charge in [-0.1, -0.05) is 55.8 Å². The Balaban J connectivity index is 1.71. The highest BCUT2D eigenvalue weighted by Gasteiger charge is 2.39. The molecule has 3 unspecified atom stereocenters. The van der Waals surface area contributed by atoms with Crippen LogP contribution in [0.3, 0.4) is 0 Å². The molecule has 1 fully saturated rings. The number of azide groups is 1. The molecule has 1 aliphatic rings. The molecule has 1 N–H and O–H groups in total. The Labute approximate surface area is 229 Å². The van der Waals surface area contributed by atoms with E-state index in [2.05, 4.69) is 15.0 Å². The van der Waals surface area contributed by atoms with Gasteiger partial charge in [0.1, 0.15) is 12.0 Å². The second-order valence-corrected chi connectivity index (χ2v) is 12.0. The van der Waals surface area contributed by atoms with Crippen LogP contribution in [-0.2, 0) is 23.1 Å². The van der Waals surface area contributed by atoms with Crippen molar-refractivity contribution in [3.8, 4) is 5.75 Å². The number of phosphoric ester groups is 1. The van der Waals surface area contributed by atoms with Crippen molar-refractivity contribution in [3.05, 3.63) is 73.4 Å². The lowest BCUT2D eigenvalue weighted by atomic mass is 10.0. The lowest BCUT2D eigenvalue weighted by molar-refractivity contribution is -0.115. The normalized spacial score (nSPS) is 21.2. The van der Waals surface area contributed by atoms with Crippen molar-refractivity contribution in [1.29, 1.82) is 0 Å². The number of thioether (sulfide) groups is 1. The largest absolute Gasteiger partial charge is 0.530 e. The summed E-state index contributed by atoms with van der Waals surface area (Å²) in [5.74, 6) is 0.531. The molecule has 2 heterocycles. The lowest BCUT2D eigenvalue weighted by Gasteiger charge is -2.22. The fourth-order valence-electron chi connectivity index (χ4n) is 3.58. The number of aromatic nitrogens is 2. The molecule has 15 heteroatoms. The van der Waals surface area contributed by atoms with Gasteiger partial charge >= 0.3 is 13.5 Å². The standard InChI is InChI=1S/C24H32N5O8PS/c1-15(2)17(4)23(31)39-11-10-34-38(33,37-18-8-6-5-7-9-18)35-14-20-19(27-28-25)12-21(36-20)29-13-16(3)22(30)26-24(29)32/h5-9,13,15,17,19-21H,10-12,14H2,1-4H3,(H,26,30,32)/t17-,19?,20+,21?,38?/m0/s1. The molecule has 39 heavy (non-hydrogen) atoms. The highest BCUT2D eigenvalue weighted by molar-refractivity contribution is 8.13. The molecule has 0 radical (unpaired) electrons. The molecule has 1 aliphatic heterocycles. The maximum Gasteiger partial charge on any atom is 0.530 e. The molecule has 0 aliphatic carbocycles. The van der Waals surface area contributed by atoms with E-state index in [1.165, 1.54) is 10.8 Å².